The number of benzene rings is 13. The summed E-state index contributed by atoms with van der Waals surface area (Å²) in [6.45, 7) is 0. The smallest absolute Gasteiger partial charge is 0.159 e. The van der Waals surface area contributed by atoms with Gasteiger partial charge in [0.05, 0.1) is 11.4 Å². The summed E-state index contributed by atoms with van der Waals surface area (Å²) in [4.78, 5) is 4.71. The fraction of sp³-hybridized carbons (Fsp3) is 0. The van der Waals surface area contributed by atoms with E-state index in [2.05, 4.69) is 265 Å². The summed E-state index contributed by atoms with van der Waals surface area (Å²) in [7, 11) is 0. The van der Waals surface area contributed by atoms with Crippen molar-refractivity contribution in [2.24, 2.45) is 0 Å². The fourth-order valence-corrected chi connectivity index (χ4v) is 11.6. The number of hydrogen-bond donors (Lipinski definition) is 0. The van der Waals surface area contributed by atoms with Crippen LogP contribution in [-0.2, 0) is 0 Å². The van der Waals surface area contributed by atoms with Gasteiger partial charge in [0.15, 0.2) is 11.2 Å². The van der Waals surface area contributed by atoms with Gasteiger partial charge in [0.2, 0.25) is 0 Å². The maximum absolute atomic E-state index is 6.78. The zero-order valence-corrected chi connectivity index (χ0v) is 40.1. The average Bonchev–Trinajstić information content (AvgIpc) is 4.05. The molecule has 2 aromatic heterocycles. The Morgan fingerprint density at radius 1 is 0.230 bits per heavy atom. The van der Waals surface area contributed by atoms with Gasteiger partial charge in [-0.05, 0) is 150 Å². The molecule has 0 N–H and O–H groups in total. The lowest BCUT2D eigenvalue weighted by molar-refractivity contribution is 0.668. The van der Waals surface area contributed by atoms with Crippen LogP contribution in [0.15, 0.2) is 276 Å². The third kappa shape index (κ3) is 6.69. The van der Waals surface area contributed by atoms with Crippen LogP contribution in [0.5, 0.6) is 0 Å². The Balaban J connectivity index is 1.06. The van der Waals surface area contributed by atoms with Crippen LogP contribution in [0, 0.1) is 0 Å². The Hall–Kier alpha value is -9.90. The molecule has 0 unspecified atom stereocenters. The molecule has 4 nitrogen and oxygen atoms in total. The lowest BCUT2D eigenvalue weighted by atomic mass is 9.84. The molecule has 15 rings (SSSR count). The highest BCUT2D eigenvalue weighted by Crippen LogP contribution is 2.51. The molecule has 15 aromatic rings. The molecular weight excluding hydrogens is 901 g/mol. The summed E-state index contributed by atoms with van der Waals surface area (Å²) in [5, 5.41) is 13.7. The van der Waals surface area contributed by atoms with Crippen LogP contribution in [0.25, 0.3) is 109 Å². The monoisotopic (exact) mass is 944 g/mol. The second-order valence-electron chi connectivity index (χ2n) is 19.2. The van der Waals surface area contributed by atoms with Gasteiger partial charge in [-0.3, -0.25) is 0 Å². The molecule has 13 aromatic carbocycles. The predicted octanol–water partition coefficient (Wildman–Crippen LogP) is 20.4. The van der Waals surface area contributed by atoms with E-state index in [4.69, 9.17) is 8.83 Å². The molecule has 0 aliphatic carbocycles. The molecule has 0 spiro atoms. The lowest BCUT2D eigenvalue weighted by Gasteiger charge is -2.28. The van der Waals surface area contributed by atoms with Crippen molar-refractivity contribution in [3.05, 3.63) is 267 Å². The fourth-order valence-electron chi connectivity index (χ4n) is 11.6. The Morgan fingerprint density at radius 3 is 1.08 bits per heavy atom. The van der Waals surface area contributed by atoms with Crippen LogP contribution in [0.3, 0.4) is 0 Å². The van der Waals surface area contributed by atoms with E-state index in [0.29, 0.717) is 0 Å². The van der Waals surface area contributed by atoms with Crippen molar-refractivity contribution in [1.82, 2.24) is 0 Å². The Labute approximate surface area is 426 Å². The van der Waals surface area contributed by atoms with Crippen LogP contribution in [-0.4, -0.2) is 0 Å². The molecule has 2 heterocycles. The van der Waals surface area contributed by atoms with Gasteiger partial charge in [0.1, 0.15) is 11.2 Å². The molecule has 0 radical (unpaired) electrons. The number of furan rings is 2. The van der Waals surface area contributed by atoms with Crippen molar-refractivity contribution in [3.8, 4) is 22.3 Å². The number of hydrogen-bond acceptors (Lipinski definition) is 4. The van der Waals surface area contributed by atoms with Crippen LogP contribution >= 0.6 is 0 Å². The van der Waals surface area contributed by atoms with Gasteiger partial charge in [-0.1, -0.05) is 182 Å². The van der Waals surface area contributed by atoms with E-state index in [1.54, 1.807) is 0 Å². The third-order valence-corrected chi connectivity index (χ3v) is 15.0. The van der Waals surface area contributed by atoms with E-state index in [9.17, 15) is 0 Å². The molecule has 0 aliphatic rings. The minimum Gasteiger partial charge on any atom is -0.454 e. The SMILES string of the molecule is c1ccc(N(c2ccc3c(-c4ccc5ccccc5c4)c4cc(N(c5ccccc5)c5cccc6c5oc5ccccc56)ccc4c(-c4ccc5ccccc5c4)c3c2)c2cccc3c2oc2ccccc23)cc1. The van der Waals surface area contributed by atoms with E-state index >= 15 is 0 Å². The normalized spacial score (nSPS) is 11.8. The summed E-state index contributed by atoms with van der Waals surface area (Å²) in [5.41, 5.74) is 14.1. The highest BCUT2D eigenvalue weighted by atomic mass is 16.3. The first-order valence-electron chi connectivity index (χ1n) is 25.2. The molecule has 0 aliphatic heterocycles. The quantitative estimate of drug-likeness (QED) is 0.142. The van der Waals surface area contributed by atoms with Crippen LogP contribution in [0.2, 0.25) is 0 Å². The molecular formula is C70H44N2O2. The second-order valence-corrected chi connectivity index (χ2v) is 19.2. The van der Waals surface area contributed by atoms with E-state index in [-0.39, 0.29) is 0 Å². The largest absolute Gasteiger partial charge is 0.454 e. The molecule has 0 bridgehead atoms. The van der Waals surface area contributed by atoms with Gasteiger partial charge >= 0.3 is 0 Å². The third-order valence-electron chi connectivity index (χ3n) is 15.0. The van der Waals surface area contributed by atoms with E-state index in [0.717, 1.165) is 111 Å². The zero-order valence-electron chi connectivity index (χ0n) is 40.1. The molecule has 74 heavy (non-hydrogen) atoms. The Kier molecular flexibility index (Phi) is 9.54. The maximum atomic E-state index is 6.78. The van der Waals surface area contributed by atoms with Gasteiger partial charge in [-0.2, -0.15) is 0 Å². The molecule has 0 saturated carbocycles. The Morgan fingerprint density at radius 2 is 0.622 bits per heavy atom. The minimum absolute atomic E-state index is 0.844. The van der Waals surface area contributed by atoms with Crippen molar-refractivity contribution in [2.45, 2.75) is 0 Å². The lowest BCUT2D eigenvalue weighted by Crippen LogP contribution is -2.10. The maximum Gasteiger partial charge on any atom is 0.159 e. The van der Waals surface area contributed by atoms with Crippen LogP contribution in [0.4, 0.5) is 34.1 Å². The highest BCUT2D eigenvalue weighted by molar-refractivity contribution is 6.24. The first-order valence-corrected chi connectivity index (χ1v) is 25.2. The second kappa shape index (κ2) is 16.9. The standard InChI is InChI=1S/C70H44N2O2/c1-3-21-51(22-4-1)71(63-29-15-27-59-55-25-11-13-31-65(55)73-69(59)63)53-37-39-57-61(43-53)67(49-35-33-45-17-7-9-19-47(45)41-49)58-40-38-54(44-62(58)68(57)50-36-34-46-18-8-10-20-48(46)42-50)72(52-23-5-2-6-24-52)64-30-16-28-60-56-26-12-14-32-66(56)74-70(60)64/h1-44H. The van der Waals surface area contributed by atoms with E-state index in [1.807, 2.05) is 12.1 Å². The molecule has 346 valence electrons. The minimum atomic E-state index is 0.844. The number of rotatable bonds is 8. The number of anilines is 6. The molecule has 0 fully saturated rings. The van der Waals surface area contributed by atoms with Crippen molar-refractivity contribution < 1.29 is 8.83 Å². The highest BCUT2D eigenvalue weighted by Gasteiger charge is 2.25. The van der Waals surface area contributed by atoms with Crippen molar-refractivity contribution in [2.75, 3.05) is 9.80 Å². The summed E-state index contributed by atoms with van der Waals surface area (Å²) < 4.78 is 13.6. The van der Waals surface area contributed by atoms with Gasteiger partial charge in [-0.15, -0.1) is 0 Å². The number of nitrogens with zero attached hydrogens (tertiary/aromatic N) is 2. The predicted molar refractivity (Wildman–Crippen MR) is 311 cm³/mol. The van der Waals surface area contributed by atoms with Crippen molar-refractivity contribution in [3.63, 3.8) is 0 Å². The van der Waals surface area contributed by atoms with Gasteiger partial charge in [0, 0.05) is 44.3 Å². The Bertz CT molecular complexity index is 4390. The van der Waals surface area contributed by atoms with Gasteiger partial charge in [-0.25, -0.2) is 0 Å². The van der Waals surface area contributed by atoms with Gasteiger partial charge < -0.3 is 18.6 Å². The average molecular weight is 945 g/mol. The summed E-state index contributed by atoms with van der Waals surface area (Å²) >= 11 is 0. The van der Waals surface area contributed by atoms with Crippen LogP contribution in [0.1, 0.15) is 0 Å². The van der Waals surface area contributed by atoms with Crippen molar-refractivity contribution >= 4 is 121 Å². The summed E-state index contributed by atoms with van der Waals surface area (Å²) in [6, 6.07) is 96.2. The summed E-state index contributed by atoms with van der Waals surface area (Å²) in [5.74, 6) is 0. The first-order chi connectivity index (χ1) is 36.7. The topological polar surface area (TPSA) is 32.8 Å². The first kappa shape index (κ1) is 41.8. The number of para-hydroxylation sites is 6. The van der Waals surface area contributed by atoms with E-state index < -0.39 is 0 Å². The molecule has 0 atom stereocenters. The van der Waals surface area contributed by atoms with Crippen LogP contribution < -0.4 is 9.80 Å². The van der Waals surface area contributed by atoms with Crippen molar-refractivity contribution in [1.29, 1.82) is 0 Å². The summed E-state index contributed by atoms with van der Waals surface area (Å²) in [6.07, 6.45) is 0. The van der Waals surface area contributed by atoms with Gasteiger partial charge in [0.25, 0.3) is 0 Å². The number of fused-ring (bicyclic) bond motifs is 10. The molecule has 4 heteroatoms. The molecule has 0 amide bonds. The molecule has 0 saturated heterocycles. The zero-order chi connectivity index (χ0) is 48.7. The van der Waals surface area contributed by atoms with E-state index in [1.165, 1.54) is 32.7 Å².